The van der Waals surface area contributed by atoms with Gasteiger partial charge in [0.05, 0.1) is 37.0 Å². The van der Waals surface area contributed by atoms with Crippen LogP contribution in [0.4, 0.5) is 11.8 Å². The number of amides is 1. The standard InChI is InChI=1S/C29H33N7O3/c1-19-27(20(2)39-33-19)22-8-9-24-23(16-22)28(36-14-15-38-18-25(36)21-6-4-3-5-7-21)32-29(31-24)35-12-10-34(11-13-35)17-26(30)37/h3-9,16,25H,10-15,17-18H2,1-2H3,(H2,30,37)/t25-/m1/s1. The maximum absolute atomic E-state index is 11.4. The van der Waals surface area contributed by atoms with Crippen LogP contribution in [0.5, 0.6) is 0 Å². The van der Waals surface area contributed by atoms with Gasteiger partial charge in [-0.05, 0) is 37.1 Å². The second kappa shape index (κ2) is 10.6. The molecule has 10 heteroatoms. The van der Waals surface area contributed by atoms with E-state index in [2.05, 4.69) is 62.3 Å². The van der Waals surface area contributed by atoms with E-state index in [1.807, 2.05) is 19.9 Å². The first-order chi connectivity index (χ1) is 19.0. The van der Waals surface area contributed by atoms with Gasteiger partial charge < -0.3 is 24.8 Å². The predicted molar refractivity (Wildman–Crippen MR) is 150 cm³/mol. The number of rotatable bonds is 6. The van der Waals surface area contributed by atoms with Crippen LogP contribution in [-0.4, -0.2) is 78.4 Å². The molecule has 0 spiro atoms. The Hall–Kier alpha value is -4.02. The number of nitrogens with zero attached hydrogens (tertiary/aromatic N) is 6. The molecule has 1 amide bonds. The van der Waals surface area contributed by atoms with Crippen LogP contribution in [0.1, 0.15) is 23.1 Å². The molecule has 0 saturated carbocycles. The van der Waals surface area contributed by atoms with Crippen molar-refractivity contribution in [2.24, 2.45) is 5.73 Å². The maximum atomic E-state index is 11.4. The fourth-order valence-electron chi connectivity index (χ4n) is 5.65. The highest BCUT2D eigenvalue weighted by molar-refractivity contribution is 5.94. The number of aromatic nitrogens is 3. The molecule has 2 saturated heterocycles. The third-order valence-electron chi connectivity index (χ3n) is 7.61. The Morgan fingerprint density at radius 1 is 1.03 bits per heavy atom. The lowest BCUT2D eigenvalue weighted by Crippen LogP contribution is -2.49. The number of morpholine rings is 1. The van der Waals surface area contributed by atoms with Crippen molar-refractivity contribution in [3.8, 4) is 11.1 Å². The number of aryl methyl sites for hydroxylation is 2. The van der Waals surface area contributed by atoms with E-state index in [-0.39, 0.29) is 18.5 Å². The van der Waals surface area contributed by atoms with E-state index in [4.69, 9.17) is 25.0 Å². The van der Waals surface area contributed by atoms with Gasteiger partial charge in [-0.3, -0.25) is 9.69 Å². The summed E-state index contributed by atoms with van der Waals surface area (Å²) in [6.07, 6.45) is 0. The Labute approximate surface area is 227 Å². The number of hydrogen-bond donors (Lipinski definition) is 1. The van der Waals surface area contributed by atoms with E-state index in [1.165, 1.54) is 5.56 Å². The molecule has 2 aromatic carbocycles. The van der Waals surface area contributed by atoms with Crippen LogP contribution >= 0.6 is 0 Å². The summed E-state index contributed by atoms with van der Waals surface area (Å²) in [6, 6.07) is 16.8. The second-order valence-electron chi connectivity index (χ2n) is 10.2. The van der Waals surface area contributed by atoms with Crippen molar-refractivity contribution in [3.05, 3.63) is 65.5 Å². The van der Waals surface area contributed by atoms with E-state index in [0.717, 1.165) is 65.5 Å². The lowest BCUT2D eigenvalue weighted by Gasteiger charge is -2.38. The molecule has 0 bridgehead atoms. The number of carbonyl (C=O) groups is 1. The molecular formula is C29H33N7O3. The molecule has 2 fully saturated rings. The smallest absolute Gasteiger partial charge is 0.231 e. The van der Waals surface area contributed by atoms with Gasteiger partial charge in [-0.1, -0.05) is 41.6 Å². The third-order valence-corrected chi connectivity index (χ3v) is 7.61. The first-order valence-electron chi connectivity index (χ1n) is 13.4. The minimum absolute atomic E-state index is 0.0287. The van der Waals surface area contributed by atoms with Gasteiger partial charge >= 0.3 is 0 Å². The van der Waals surface area contributed by atoms with Gasteiger partial charge in [-0.15, -0.1) is 0 Å². The van der Waals surface area contributed by atoms with E-state index in [1.54, 1.807) is 0 Å². The fraction of sp³-hybridized carbons (Fsp3) is 0.379. The highest BCUT2D eigenvalue weighted by Gasteiger charge is 2.29. The zero-order chi connectivity index (χ0) is 26.9. The van der Waals surface area contributed by atoms with E-state index < -0.39 is 0 Å². The van der Waals surface area contributed by atoms with Crippen molar-refractivity contribution in [2.75, 3.05) is 62.3 Å². The van der Waals surface area contributed by atoms with Crippen LogP contribution in [-0.2, 0) is 9.53 Å². The molecule has 2 N–H and O–H groups in total. The zero-order valence-electron chi connectivity index (χ0n) is 22.3. The van der Waals surface area contributed by atoms with Gasteiger partial charge in [0.15, 0.2) is 0 Å². The molecule has 4 aromatic rings. The van der Waals surface area contributed by atoms with Crippen molar-refractivity contribution in [1.82, 2.24) is 20.0 Å². The molecule has 202 valence electrons. The van der Waals surface area contributed by atoms with Gasteiger partial charge in [0.25, 0.3) is 0 Å². The number of piperazine rings is 1. The maximum Gasteiger partial charge on any atom is 0.231 e. The van der Waals surface area contributed by atoms with E-state index >= 15 is 0 Å². The molecule has 0 unspecified atom stereocenters. The Morgan fingerprint density at radius 2 is 1.82 bits per heavy atom. The number of ether oxygens (including phenoxy) is 1. The number of nitrogens with two attached hydrogens (primary N) is 1. The van der Waals surface area contributed by atoms with Crippen LogP contribution in [0.2, 0.25) is 0 Å². The number of hydrogen-bond acceptors (Lipinski definition) is 9. The predicted octanol–water partition coefficient (Wildman–Crippen LogP) is 3.09. The van der Waals surface area contributed by atoms with Crippen molar-refractivity contribution in [3.63, 3.8) is 0 Å². The molecule has 39 heavy (non-hydrogen) atoms. The molecule has 2 aliphatic heterocycles. The van der Waals surface area contributed by atoms with E-state index in [9.17, 15) is 4.79 Å². The topological polar surface area (TPSA) is 114 Å². The molecule has 0 aliphatic carbocycles. The first-order valence-corrected chi connectivity index (χ1v) is 13.4. The van der Waals surface area contributed by atoms with Gasteiger partial charge in [0, 0.05) is 43.7 Å². The Balaban J connectivity index is 1.45. The summed E-state index contributed by atoms with van der Waals surface area (Å²) < 4.78 is 11.4. The van der Waals surface area contributed by atoms with Crippen LogP contribution in [0.15, 0.2) is 53.1 Å². The summed E-state index contributed by atoms with van der Waals surface area (Å²) in [6.45, 7) is 9.00. The molecule has 1 atom stereocenters. The molecule has 4 heterocycles. The normalized spacial score (nSPS) is 18.6. The van der Waals surface area contributed by atoms with Gasteiger partial charge in [0.1, 0.15) is 11.6 Å². The molecular weight excluding hydrogens is 494 g/mol. The highest BCUT2D eigenvalue weighted by Crippen LogP contribution is 2.37. The molecule has 0 radical (unpaired) electrons. The minimum atomic E-state index is -0.305. The quantitative estimate of drug-likeness (QED) is 0.404. The summed E-state index contributed by atoms with van der Waals surface area (Å²) >= 11 is 0. The Bertz CT molecular complexity index is 1460. The van der Waals surface area contributed by atoms with Crippen molar-refractivity contribution in [1.29, 1.82) is 0 Å². The summed E-state index contributed by atoms with van der Waals surface area (Å²) in [5.74, 6) is 2.06. The van der Waals surface area contributed by atoms with Crippen LogP contribution in [0.25, 0.3) is 22.0 Å². The average Bonchev–Trinajstić information content (AvgIpc) is 3.30. The monoisotopic (exact) mass is 527 g/mol. The van der Waals surface area contributed by atoms with E-state index in [0.29, 0.717) is 25.7 Å². The first kappa shape index (κ1) is 25.3. The summed E-state index contributed by atoms with van der Waals surface area (Å²) in [7, 11) is 0. The lowest BCUT2D eigenvalue weighted by molar-refractivity contribution is -0.119. The Kier molecular flexibility index (Phi) is 6.88. The molecule has 2 aromatic heterocycles. The number of benzene rings is 2. The van der Waals surface area contributed by atoms with Crippen LogP contribution in [0, 0.1) is 13.8 Å². The average molecular weight is 528 g/mol. The van der Waals surface area contributed by atoms with Crippen LogP contribution < -0.4 is 15.5 Å². The van der Waals surface area contributed by atoms with Gasteiger partial charge in [0.2, 0.25) is 11.9 Å². The van der Waals surface area contributed by atoms with Crippen molar-refractivity contribution >= 4 is 28.6 Å². The summed E-state index contributed by atoms with van der Waals surface area (Å²) in [5, 5.41) is 5.14. The van der Waals surface area contributed by atoms with Gasteiger partial charge in [-0.2, -0.15) is 4.98 Å². The zero-order valence-corrected chi connectivity index (χ0v) is 22.3. The second-order valence-corrected chi connectivity index (χ2v) is 10.2. The number of fused-ring (bicyclic) bond motifs is 1. The highest BCUT2D eigenvalue weighted by atomic mass is 16.5. The number of anilines is 2. The summed E-state index contributed by atoms with van der Waals surface area (Å²) in [4.78, 5) is 28.3. The molecule has 2 aliphatic rings. The lowest BCUT2D eigenvalue weighted by atomic mass is 10.0. The third kappa shape index (κ3) is 5.05. The van der Waals surface area contributed by atoms with Crippen molar-refractivity contribution in [2.45, 2.75) is 19.9 Å². The largest absolute Gasteiger partial charge is 0.377 e. The fourth-order valence-corrected chi connectivity index (χ4v) is 5.65. The van der Waals surface area contributed by atoms with Crippen molar-refractivity contribution < 1.29 is 14.1 Å². The number of carbonyl (C=O) groups excluding carboxylic acids is 1. The Morgan fingerprint density at radius 3 is 2.54 bits per heavy atom. The molecule has 10 nitrogen and oxygen atoms in total. The SMILES string of the molecule is Cc1noc(C)c1-c1ccc2nc(N3CCN(CC(N)=O)CC3)nc(N3CCOC[C@@H]3c3ccccc3)c2c1. The van der Waals surface area contributed by atoms with Gasteiger partial charge in [-0.25, -0.2) is 4.98 Å². The summed E-state index contributed by atoms with van der Waals surface area (Å²) in [5.41, 5.74) is 10.4. The van der Waals surface area contributed by atoms with Crippen LogP contribution in [0.3, 0.4) is 0 Å². The number of primary amides is 1. The minimum Gasteiger partial charge on any atom is -0.377 e. The molecule has 6 rings (SSSR count).